The second-order valence-corrected chi connectivity index (χ2v) is 7.37. The quantitative estimate of drug-likeness (QED) is 0.317. The van der Waals surface area contributed by atoms with E-state index in [1.807, 2.05) is 6.20 Å². The van der Waals surface area contributed by atoms with Crippen LogP contribution in [0, 0.1) is 5.82 Å². The van der Waals surface area contributed by atoms with E-state index in [4.69, 9.17) is 0 Å². The summed E-state index contributed by atoms with van der Waals surface area (Å²) in [6.07, 6.45) is 5.40. The first-order valence-electron chi connectivity index (χ1n) is 10.3. The number of piperidine rings is 1. The Labute approximate surface area is 166 Å². The van der Waals surface area contributed by atoms with E-state index >= 15 is 0 Å². The van der Waals surface area contributed by atoms with Gasteiger partial charge >= 0.3 is 0 Å². The van der Waals surface area contributed by atoms with Gasteiger partial charge in [0.15, 0.2) is 5.96 Å². The van der Waals surface area contributed by atoms with E-state index in [0.29, 0.717) is 0 Å². The summed E-state index contributed by atoms with van der Waals surface area (Å²) in [4.78, 5) is 10.3. The molecular weight excluding hydrogens is 357 g/mol. The number of aliphatic imine (C=N–C) groups is 1. The van der Waals surface area contributed by atoms with E-state index in [0.717, 1.165) is 87.4 Å². The minimum absolute atomic E-state index is 0.118. The first-order valence-corrected chi connectivity index (χ1v) is 10.3. The normalized spacial score (nSPS) is 16.6. The van der Waals surface area contributed by atoms with Gasteiger partial charge in [0.1, 0.15) is 5.82 Å². The smallest absolute Gasteiger partial charge is 0.191 e. The zero-order valence-corrected chi connectivity index (χ0v) is 16.7. The molecule has 28 heavy (non-hydrogen) atoms. The lowest BCUT2D eigenvalue weighted by molar-refractivity contribution is 0.0824. The number of aliphatic hydroxyl groups excluding tert-OH is 1. The highest BCUT2D eigenvalue weighted by molar-refractivity contribution is 5.83. The number of hydrogen-bond donors (Lipinski definition) is 4. The Morgan fingerprint density at radius 1 is 1.32 bits per heavy atom. The van der Waals surface area contributed by atoms with E-state index in [1.165, 1.54) is 6.07 Å². The third-order valence-electron chi connectivity index (χ3n) is 5.22. The standard InChI is InChI=1S/C21H32FN5O/c1-2-23-21(24-9-3-11-27-12-7-18(28)8-13-27)25-10-6-16-15-26-20-5-4-17(22)14-19(16)20/h4-5,14-15,18,26,28H,2-3,6-13H2,1H3,(H2,23,24,25). The number of halogens is 1. The summed E-state index contributed by atoms with van der Waals surface area (Å²) in [5.41, 5.74) is 2.06. The summed E-state index contributed by atoms with van der Waals surface area (Å²) < 4.78 is 13.5. The fourth-order valence-corrected chi connectivity index (χ4v) is 3.64. The number of rotatable bonds is 8. The third-order valence-corrected chi connectivity index (χ3v) is 5.22. The van der Waals surface area contributed by atoms with Gasteiger partial charge in [-0.2, -0.15) is 0 Å². The number of aromatic nitrogens is 1. The lowest BCUT2D eigenvalue weighted by Gasteiger charge is -2.29. The zero-order valence-electron chi connectivity index (χ0n) is 16.7. The maximum atomic E-state index is 13.5. The molecule has 3 rings (SSSR count). The number of aromatic amines is 1. The molecule has 0 atom stereocenters. The van der Waals surface area contributed by atoms with Crippen LogP contribution in [0.2, 0.25) is 0 Å². The number of benzene rings is 1. The van der Waals surface area contributed by atoms with Crippen molar-refractivity contribution in [2.75, 3.05) is 39.3 Å². The topological polar surface area (TPSA) is 75.7 Å². The van der Waals surface area contributed by atoms with Crippen LogP contribution in [0.15, 0.2) is 29.4 Å². The second-order valence-electron chi connectivity index (χ2n) is 7.37. The van der Waals surface area contributed by atoms with Gasteiger partial charge in [-0.1, -0.05) is 0 Å². The monoisotopic (exact) mass is 389 g/mol. The highest BCUT2D eigenvalue weighted by Gasteiger charge is 2.15. The Hall–Kier alpha value is -2.12. The fourth-order valence-electron chi connectivity index (χ4n) is 3.64. The van der Waals surface area contributed by atoms with Crippen molar-refractivity contribution in [1.29, 1.82) is 0 Å². The summed E-state index contributed by atoms with van der Waals surface area (Å²) in [6.45, 7) is 7.36. The summed E-state index contributed by atoms with van der Waals surface area (Å²) in [6, 6.07) is 4.83. The van der Waals surface area contributed by atoms with Crippen LogP contribution in [0.1, 0.15) is 31.7 Å². The molecule has 0 bridgehead atoms. The van der Waals surface area contributed by atoms with Crippen LogP contribution in [-0.4, -0.2) is 66.3 Å². The lowest BCUT2D eigenvalue weighted by Crippen LogP contribution is -2.39. The van der Waals surface area contributed by atoms with Crippen molar-refractivity contribution < 1.29 is 9.50 Å². The molecule has 0 spiro atoms. The molecule has 0 aliphatic carbocycles. The highest BCUT2D eigenvalue weighted by atomic mass is 19.1. The first kappa shape index (κ1) is 20.6. The Balaban J connectivity index is 1.43. The van der Waals surface area contributed by atoms with E-state index in [2.05, 4.69) is 32.4 Å². The number of fused-ring (bicyclic) bond motifs is 1. The van der Waals surface area contributed by atoms with Gasteiger partial charge in [0.2, 0.25) is 0 Å². The molecule has 4 N–H and O–H groups in total. The van der Waals surface area contributed by atoms with Crippen molar-refractivity contribution in [3.63, 3.8) is 0 Å². The largest absolute Gasteiger partial charge is 0.393 e. The van der Waals surface area contributed by atoms with Gasteiger partial charge in [-0.05, 0) is 62.9 Å². The molecule has 1 aromatic carbocycles. The summed E-state index contributed by atoms with van der Waals surface area (Å²) in [5, 5.41) is 17.2. The van der Waals surface area contributed by atoms with Crippen molar-refractivity contribution in [3.8, 4) is 0 Å². The number of guanidine groups is 1. The van der Waals surface area contributed by atoms with Crippen LogP contribution in [-0.2, 0) is 6.42 Å². The molecule has 6 nitrogen and oxygen atoms in total. The molecule has 0 radical (unpaired) electrons. The molecule has 1 saturated heterocycles. The minimum Gasteiger partial charge on any atom is -0.393 e. The molecule has 0 amide bonds. The Kier molecular flexibility index (Phi) is 7.68. The average Bonchev–Trinajstić information content (AvgIpc) is 3.08. The SMILES string of the molecule is CCNC(=NCCCN1CCC(O)CC1)NCCc1c[nH]c2ccc(F)cc12. The predicted molar refractivity (Wildman–Crippen MR) is 112 cm³/mol. The van der Waals surface area contributed by atoms with Crippen molar-refractivity contribution in [1.82, 2.24) is 20.5 Å². The van der Waals surface area contributed by atoms with E-state index < -0.39 is 0 Å². The maximum Gasteiger partial charge on any atom is 0.191 e. The van der Waals surface area contributed by atoms with Crippen molar-refractivity contribution in [2.24, 2.45) is 4.99 Å². The van der Waals surface area contributed by atoms with Gasteiger partial charge in [0, 0.05) is 49.8 Å². The highest BCUT2D eigenvalue weighted by Crippen LogP contribution is 2.19. The average molecular weight is 390 g/mol. The molecule has 2 aromatic rings. The van der Waals surface area contributed by atoms with Gasteiger partial charge in [0.05, 0.1) is 6.10 Å². The maximum absolute atomic E-state index is 13.5. The number of aliphatic hydroxyl groups is 1. The molecule has 1 aromatic heterocycles. The molecule has 0 unspecified atom stereocenters. The fraction of sp³-hybridized carbons (Fsp3) is 0.571. The molecular formula is C21H32FN5O. The summed E-state index contributed by atoms with van der Waals surface area (Å²) in [7, 11) is 0. The summed E-state index contributed by atoms with van der Waals surface area (Å²) >= 11 is 0. The van der Waals surface area contributed by atoms with Crippen LogP contribution in [0.3, 0.4) is 0 Å². The number of H-pyrrole nitrogens is 1. The van der Waals surface area contributed by atoms with Gasteiger partial charge in [-0.25, -0.2) is 4.39 Å². The van der Waals surface area contributed by atoms with Gasteiger partial charge in [0.25, 0.3) is 0 Å². The molecule has 7 heteroatoms. The summed E-state index contributed by atoms with van der Waals surface area (Å²) in [5.74, 6) is 0.613. The molecule has 0 saturated carbocycles. The van der Waals surface area contributed by atoms with Crippen molar-refractivity contribution in [3.05, 3.63) is 35.8 Å². The molecule has 1 aliphatic rings. The second kappa shape index (κ2) is 10.4. The molecule has 154 valence electrons. The van der Waals surface area contributed by atoms with E-state index in [9.17, 15) is 9.50 Å². The number of likely N-dealkylation sites (tertiary alicyclic amines) is 1. The zero-order chi connectivity index (χ0) is 19.8. The van der Waals surface area contributed by atoms with Crippen LogP contribution in [0.5, 0.6) is 0 Å². The Morgan fingerprint density at radius 3 is 2.93 bits per heavy atom. The van der Waals surface area contributed by atoms with Crippen LogP contribution in [0.25, 0.3) is 10.9 Å². The molecule has 1 fully saturated rings. The first-order chi connectivity index (χ1) is 13.7. The predicted octanol–water partition coefficient (Wildman–Crippen LogP) is 2.25. The van der Waals surface area contributed by atoms with Gasteiger partial charge < -0.3 is 25.6 Å². The van der Waals surface area contributed by atoms with Crippen LogP contribution in [0.4, 0.5) is 4.39 Å². The number of nitrogens with zero attached hydrogens (tertiary/aromatic N) is 2. The third kappa shape index (κ3) is 5.94. The van der Waals surface area contributed by atoms with Crippen LogP contribution >= 0.6 is 0 Å². The van der Waals surface area contributed by atoms with Gasteiger partial charge in [-0.3, -0.25) is 4.99 Å². The number of hydrogen-bond acceptors (Lipinski definition) is 3. The lowest BCUT2D eigenvalue weighted by atomic mass is 10.1. The molecule has 1 aliphatic heterocycles. The van der Waals surface area contributed by atoms with Crippen molar-refractivity contribution >= 4 is 16.9 Å². The molecule has 2 heterocycles. The van der Waals surface area contributed by atoms with Crippen LogP contribution < -0.4 is 10.6 Å². The van der Waals surface area contributed by atoms with E-state index in [-0.39, 0.29) is 11.9 Å². The van der Waals surface area contributed by atoms with Gasteiger partial charge in [-0.15, -0.1) is 0 Å². The Morgan fingerprint density at radius 2 is 2.14 bits per heavy atom. The van der Waals surface area contributed by atoms with E-state index in [1.54, 1.807) is 12.1 Å². The number of nitrogens with one attached hydrogen (secondary N) is 3. The van der Waals surface area contributed by atoms with Crippen molar-refractivity contribution in [2.45, 2.75) is 38.7 Å². The Bertz CT molecular complexity index is 767. The minimum atomic E-state index is -0.209.